The minimum atomic E-state index is -4.12. The van der Waals surface area contributed by atoms with Crippen molar-refractivity contribution < 1.29 is 21.6 Å². The minimum absolute atomic E-state index is 0.109. The number of ether oxygens (including phenoxy) is 1. The van der Waals surface area contributed by atoms with Crippen molar-refractivity contribution in [1.29, 1.82) is 0 Å². The average molecular weight is 559 g/mol. The van der Waals surface area contributed by atoms with E-state index in [0.29, 0.717) is 33.1 Å². The van der Waals surface area contributed by atoms with Gasteiger partial charge in [-0.2, -0.15) is 0 Å². The molecule has 6 aromatic rings. The summed E-state index contributed by atoms with van der Waals surface area (Å²) in [6.45, 7) is 5.66. The van der Waals surface area contributed by atoms with E-state index in [1.165, 1.54) is 15.1 Å². The van der Waals surface area contributed by atoms with E-state index in [0.717, 1.165) is 16.7 Å². The van der Waals surface area contributed by atoms with Gasteiger partial charge < -0.3 is 4.74 Å². The fourth-order valence-electron chi connectivity index (χ4n) is 5.06. The number of rotatable bonds is 5. The molecule has 0 aliphatic carbocycles. The van der Waals surface area contributed by atoms with Crippen LogP contribution in [0.25, 0.3) is 32.8 Å². The van der Waals surface area contributed by atoms with Crippen LogP contribution >= 0.6 is 0 Å². The molecule has 0 radical (unpaired) electrons. The summed E-state index contributed by atoms with van der Waals surface area (Å²) in [7, 11) is -6.73. The third-order valence-corrected chi connectivity index (χ3v) is 10.5. The van der Waals surface area contributed by atoms with Crippen molar-refractivity contribution in [3.05, 3.63) is 102 Å². The number of hydrogen-bond acceptors (Lipinski definition) is 5. The van der Waals surface area contributed by atoms with Gasteiger partial charge in [-0.1, -0.05) is 47.0 Å². The van der Waals surface area contributed by atoms with Crippen molar-refractivity contribution in [3.8, 4) is 5.75 Å². The zero-order valence-electron chi connectivity index (χ0n) is 21.8. The fraction of sp³-hybridized carbons (Fsp3) is 0.133. The molecule has 0 bridgehead atoms. The summed E-state index contributed by atoms with van der Waals surface area (Å²) in [4.78, 5) is 0.218. The Morgan fingerprint density at radius 3 is 1.41 bits per heavy atom. The molecule has 2 heterocycles. The summed E-state index contributed by atoms with van der Waals surface area (Å²) >= 11 is 0. The molecule has 0 N–H and O–H groups in total. The summed E-state index contributed by atoms with van der Waals surface area (Å²) in [6.07, 6.45) is 0. The number of methoxy groups -OCH3 is 1. The number of nitrogens with zero attached hydrogens (tertiary/aromatic N) is 2. The Hall–Kier alpha value is -4.08. The molecule has 7 nitrogen and oxygen atoms in total. The highest BCUT2D eigenvalue weighted by atomic mass is 32.2. The van der Waals surface area contributed by atoms with Crippen LogP contribution in [-0.4, -0.2) is 31.9 Å². The predicted molar refractivity (Wildman–Crippen MR) is 154 cm³/mol. The van der Waals surface area contributed by atoms with Gasteiger partial charge in [0.05, 0.1) is 39.0 Å². The molecule has 0 aliphatic rings. The molecule has 4 aromatic carbocycles. The van der Waals surface area contributed by atoms with E-state index in [1.807, 2.05) is 32.9 Å². The van der Waals surface area contributed by atoms with Crippen LogP contribution in [0.4, 0.5) is 0 Å². The molecule has 0 fully saturated rings. The van der Waals surface area contributed by atoms with E-state index in [4.69, 9.17) is 4.74 Å². The van der Waals surface area contributed by atoms with Gasteiger partial charge in [-0.05, 0) is 75.4 Å². The third-order valence-electron chi connectivity index (χ3n) is 7.05. The Kier molecular flexibility index (Phi) is 5.64. The SMILES string of the molecule is COc1ccc2c(c1)c1c(c3cc(C)ccc3n1S(=O)(=O)c1ccc(C)cc1)n2S(=O)(=O)c1ccc(C)cc1. The van der Waals surface area contributed by atoms with Gasteiger partial charge in [0.2, 0.25) is 0 Å². The topological polar surface area (TPSA) is 87.4 Å². The van der Waals surface area contributed by atoms with Gasteiger partial charge in [0, 0.05) is 10.8 Å². The summed E-state index contributed by atoms with van der Waals surface area (Å²) in [5.74, 6) is 0.481. The zero-order valence-corrected chi connectivity index (χ0v) is 23.5. The van der Waals surface area contributed by atoms with Gasteiger partial charge in [-0.15, -0.1) is 0 Å². The first-order chi connectivity index (χ1) is 18.5. The summed E-state index contributed by atoms with van der Waals surface area (Å²) in [6, 6.07) is 23.7. The Labute approximate surface area is 227 Å². The zero-order chi connectivity index (χ0) is 27.7. The average Bonchev–Trinajstić information content (AvgIpc) is 3.41. The molecule has 0 saturated carbocycles. The summed E-state index contributed by atoms with van der Waals surface area (Å²) in [5, 5.41) is 0.969. The standard InChI is InChI=1S/C30H26N2O5S2/c1-19-5-11-23(12-6-19)38(33,34)31-27-15-9-21(3)17-25(27)29-30(31)26-18-22(37-4)10-16-28(26)32(29)39(35,36)24-13-7-20(2)8-14-24/h5-18H,1-4H3. The Morgan fingerprint density at radius 1 is 0.538 bits per heavy atom. The second-order valence-electron chi connectivity index (χ2n) is 9.77. The van der Waals surface area contributed by atoms with Crippen molar-refractivity contribution in [1.82, 2.24) is 7.94 Å². The van der Waals surface area contributed by atoms with Gasteiger partial charge in [0.25, 0.3) is 20.0 Å². The van der Waals surface area contributed by atoms with Crippen LogP contribution in [0.2, 0.25) is 0 Å². The lowest BCUT2D eigenvalue weighted by Gasteiger charge is -2.11. The first kappa shape index (κ1) is 25.2. The van der Waals surface area contributed by atoms with Crippen LogP contribution in [0.3, 0.4) is 0 Å². The van der Waals surface area contributed by atoms with Crippen LogP contribution < -0.4 is 4.74 Å². The van der Waals surface area contributed by atoms with E-state index in [-0.39, 0.29) is 15.3 Å². The molecule has 198 valence electrons. The monoisotopic (exact) mass is 558 g/mol. The van der Waals surface area contributed by atoms with E-state index in [9.17, 15) is 16.8 Å². The molecule has 0 aliphatic heterocycles. The van der Waals surface area contributed by atoms with Crippen molar-refractivity contribution in [2.45, 2.75) is 30.6 Å². The predicted octanol–water partition coefficient (Wildman–Crippen LogP) is 6.16. The highest BCUT2D eigenvalue weighted by molar-refractivity contribution is 7.91. The molecule has 9 heteroatoms. The lowest BCUT2D eigenvalue weighted by Crippen LogP contribution is -2.13. The molecule has 0 spiro atoms. The van der Waals surface area contributed by atoms with E-state index in [1.54, 1.807) is 72.8 Å². The molecule has 0 saturated heterocycles. The van der Waals surface area contributed by atoms with Gasteiger partial charge in [-0.3, -0.25) is 0 Å². The van der Waals surface area contributed by atoms with Crippen LogP contribution in [-0.2, 0) is 20.0 Å². The molecule has 0 atom stereocenters. The molecular formula is C30H26N2O5S2. The first-order valence-electron chi connectivity index (χ1n) is 12.3. The summed E-state index contributed by atoms with van der Waals surface area (Å²) < 4.78 is 65.0. The maximum Gasteiger partial charge on any atom is 0.268 e. The summed E-state index contributed by atoms with van der Waals surface area (Å²) in [5.41, 5.74) is 4.06. The van der Waals surface area contributed by atoms with Gasteiger partial charge in [0.1, 0.15) is 5.75 Å². The van der Waals surface area contributed by atoms with Crippen molar-refractivity contribution in [2.75, 3.05) is 7.11 Å². The Bertz CT molecular complexity index is 2060. The second-order valence-corrected chi connectivity index (χ2v) is 13.3. The smallest absolute Gasteiger partial charge is 0.268 e. The Morgan fingerprint density at radius 2 is 0.949 bits per heavy atom. The first-order valence-corrected chi connectivity index (χ1v) is 15.2. The van der Waals surface area contributed by atoms with Crippen molar-refractivity contribution >= 4 is 52.9 Å². The second kappa shape index (κ2) is 8.72. The highest BCUT2D eigenvalue weighted by Crippen LogP contribution is 2.42. The lowest BCUT2D eigenvalue weighted by molar-refractivity contribution is 0.415. The Balaban J connectivity index is 1.86. The minimum Gasteiger partial charge on any atom is -0.497 e. The number of benzene rings is 4. The number of fused-ring (bicyclic) bond motifs is 5. The normalized spacial score (nSPS) is 12.5. The van der Waals surface area contributed by atoms with E-state index in [2.05, 4.69) is 0 Å². The maximum atomic E-state index is 14.3. The quantitative estimate of drug-likeness (QED) is 0.253. The fourth-order valence-corrected chi connectivity index (χ4v) is 8.13. The molecule has 0 unspecified atom stereocenters. The van der Waals surface area contributed by atoms with Gasteiger partial charge in [-0.25, -0.2) is 24.8 Å². The molecule has 39 heavy (non-hydrogen) atoms. The van der Waals surface area contributed by atoms with Crippen LogP contribution in [0.15, 0.2) is 94.7 Å². The third kappa shape index (κ3) is 3.76. The molecular weight excluding hydrogens is 532 g/mol. The van der Waals surface area contributed by atoms with Crippen molar-refractivity contribution in [2.24, 2.45) is 0 Å². The molecule has 0 amide bonds. The number of aromatic nitrogens is 2. The van der Waals surface area contributed by atoms with Gasteiger partial charge in [0.15, 0.2) is 0 Å². The number of aryl methyl sites for hydroxylation is 3. The maximum absolute atomic E-state index is 14.3. The van der Waals surface area contributed by atoms with E-state index < -0.39 is 20.0 Å². The van der Waals surface area contributed by atoms with Crippen LogP contribution in [0, 0.1) is 20.8 Å². The number of hydrogen-bond donors (Lipinski definition) is 0. The molecule has 2 aromatic heterocycles. The van der Waals surface area contributed by atoms with Crippen LogP contribution in [0.5, 0.6) is 5.75 Å². The largest absolute Gasteiger partial charge is 0.497 e. The van der Waals surface area contributed by atoms with Gasteiger partial charge >= 0.3 is 0 Å². The van der Waals surface area contributed by atoms with Crippen LogP contribution in [0.1, 0.15) is 16.7 Å². The molecule has 6 rings (SSSR count). The van der Waals surface area contributed by atoms with Crippen molar-refractivity contribution in [3.63, 3.8) is 0 Å². The van der Waals surface area contributed by atoms with E-state index >= 15 is 0 Å². The highest BCUT2D eigenvalue weighted by Gasteiger charge is 2.32. The lowest BCUT2D eigenvalue weighted by atomic mass is 10.2.